The molecule has 0 saturated carbocycles. The molecule has 0 radical (unpaired) electrons. The summed E-state index contributed by atoms with van der Waals surface area (Å²) in [6.07, 6.45) is 0. The summed E-state index contributed by atoms with van der Waals surface area (Å²) in [5.41, 5.74) is 2.82. The molecule has 0 spiro atoms. The van der Waals surface area contributed by atoms with E-state index in [0.29, 0.717) is 22.6 Å². The minimum absolute atomic E-state index is 0.0252. The predicted molar refractivity (Wildman–Crippen MR) is 107 cm³/mol. The predicted octanol–water partition coefficient (Wildman–Crippen LogP) is 4.48. The van der Waals surface area contributed by atoms with Crippen molar-refractivity contribution >= 4 is 45.3 Å². The van der Waals surface area contributed by atoms with Gasteiger partial charge in [0.05, 0.1) is 6.54 Å². The SMILES string of the molecule is CC(=O)c1cccc(NC(=O)c2ccccc2CSC2=NCCS2)c1. The van der Waals surface area contributed by atoms with E-state index in [9.17, 15) is 9.59 Å². The molecule has 25 heavy (non-hydrogen) atoms. The van der Waals surface area contributed by atoms with E-state index in [1.165, 1.54) is 6.92 Å². The van der Waals surface area contributed by atoms with Gasteiger partial charge in [-0.15, -0.1) is 0 Å². The van der Waals surface area contributed by atoms with Gasteiger partial charge < -0.3 is 5.32 Å². The summed E-state index contributed by atoms with van der Waals surface area (Å²) in [6.45, 7) is 2.39. The van der Waals surface area contributed by atoms with Gasteiger partial charge in [-0.05, 0) is 30.7 Å². The molecule has 6 heteroatoms. The Balaban J connectivity index is 1.73. The number of hydrogen-bond donors (Lipinski definition) is 1. The van der Waals surface area contributed by atoms with Crippen molar-refractivity contribution in [2.24, 2.45) is 4.99 Å². The van der Waals surface area contributed by atoms with Crippen LogP contribution in [-0.4, -0.2) is 28.4 Å². The van der Waals surface area contributed by atoms with Crippen LogP contribution >= 0.6 is 23.5 Å². The maximum absolute atomic E-state index is 12.7. The second-order valence-electron chi connectivity index (χ2n) is 5.53. The first-order valence-corrected chi connectivity index (χ1v) is 9.91. The summed E-state index contributed by atoms with van der Waals surface area (Å²) in [5, 5.41) is 2.89. The van der Waals surface area contributed by atoms with Gasteiger partial charge in [0.2, 0.25) is 0 Å². The lowest BCUT2D eigenvalue weighted by Gasteiger charge is -2.10. The van der Waals surface area contributed by atoms with Crippen molar-refractivity contribution in [2.75, 3.05) is 17.6 Å². The Bertz CT molecular complexity index is 834. The average Bonchev–Trinajstić information content (AvgIpc) is 3.14. The first-order valence-electron chi connectivity index (χ1n) is 7.94. The fourth-order valence-electron chi connectivity index (χ4n) is 2.42. The largest absolute Gasteiger partial charge is 0.322 e. The van der Waals surface area contributed by atoms with Crippen molar-refractivity contribution in [3.8, 4) is 0 Å². The molecule has 128 valence electrons. The molecule has 3 rings (SSSR count). The topological polar surface area (TPSA) is 58.5 Å². The third-order valence-electron chi connectivity index (χ3n) is 3.70. The Morgan fingerprint density at radius 2 is 2.04 bits per heavy atom. The number of nitrogens with one attached hydrogen (secondary N) is 1. The molecule has 1 heterocycles. The summed E-state index contributed by atoms with van der Waals surface area (Å²) in [7, 11) is 0. The number of carbonyl (C=O) groups is 2. The van der Waals surface area contributed by atoms with Gasteiger partial charge in [-0.1, -0.05) is 53.9 Å². The van der Waals surface area contributed by atoms with Crippen LogP contribution in [0.1, 0.15) is 33.2 Å². The number of nitrogens with zero attached hydrogens (tertiary/aromatic N) is 1. The Morgan fingerprint density at radius 1 is 1.20 bits per heavy atom. The van der Waals surface area contributed by atoms with Crippen molar-refractivity contribution in [3.63, 3.8) is 0 Å². The molecule has 1 amide bonds. The summed E-state index contributed by atoms with van der Waals surface area (Å²) in [4.78, 5) is 28.6. The van der Waals surface area contributed by atoms with Crippen LogP contribution in [0, 0.1) is 0 Å². The monoisotopic (exact) mass is 370 g/mol. The second kappa shape index (κ2) is 8.36. The Morgan fingerprint density at radius 3 is 2.80 bits per heavy atom. The molecule has 0 bridgehead atoms. The summed E-state index contributed by atoms with van der Waals surface area (Å²) in [5.74, 6) is 1.56. The van der Waals surface area contributed by atoms with E-state index in [4.69, 9.17) is 0 Å². The number of thioether (sulfide) groups is 2. The van der Waals surface area contributed by atoms with Crippen LogP contribution < -0.4 is 5.32 Å². The summed E-state index contributed by atoms with van der Waals surface area (Å²) >= 11 is 3.43. The highest BCUT2D eigenvalue weighted by molar-refractivity contribution is 8.38. The molecule has 0 aliphatic carbocycles. The van der Waals surface area contributed by atoms with Crippen molar-refractivity contribution in [3.05, 3.63) is 65.2 Å². The second-order valence-corrected chi connectivity index (χ2v) is 7.84. The maximum Gasteiger partial charge on any atom is 0.255 e. The fourth-order valence-corrected chi connectivity index (χ4v) is 4.44. The van der Waals surface area contributed by atoms with Crippen LogP contribution in [0.3, 0.4) is 0 Å². The Labute approximate surface area is 155 Å². The van der Waals surface area contributed by atoms with E-state index in [1.807, 2.05) is 24.3 Å². The number of rotatable bonds is 5. The minimum atomic E-state index is -0.169. The van der Waals surface area contributed by atoms with Crippen LogP contribution in [0.15, 0.2) is 53.5 Å². The summed E-state index contributed by atoms with van der Waals surface area (Å²) in [6, 6.07) is 14.6. The zero-order valence-corrected chi connectivity index (χ0v) is 15.5. The molecular formula is C19H18N2O2S2. The lowest BCUT2D eigenvalue weighted by molar-refractivity contribution is 0.101. The standard InChI is InChI=1S/C19H18N2O2S2/c1-13(22)14-6-4-7-16(11-14)21-18(23)17-8-3-2-5-15(17)12-25-19-20-9-10-24-19/h2-8,11H,9-10,12H2,1H3,(H,21,23). The molecule has 0 aromatic heterocycles. The van der Waals surface area contributed by atoms with Gasteiger partial charge in [-0.25, -0.2) is 0 Å². The molecule has 2 aromatic carbocycles. The number of anilines is 1. The zero-order valence-electron chi connectivity index (χ0n) is 13.8. The van der Waals surface area contributed by atoms with Gasteiger partial charge in [0.1, 0.15) is 4.38 Å². The quantitative estimate of drug-likeness (QED) is 0.789. The smallest absolute Gasteiger partial charge is 0.255 e. The first-order chi connectivity index (χ1) is 12.1. The molecule has 0 saturated heterocycles. The number of hydrogen-bond acceptors (Lipinski definition) is 5. The van der Waals surface area contributed by atoms with E-state index in [-0.39, 0.29) is 11.7 Å². The first kappa shape index (κ1) is 17.8. The minimum Gasteiger partial charge on any atom is -0.322 e. The van der Waals surface area contributed by atoms with Crippen LogP contribution in [0.25, 0.3) is 0 Å². The maximum atomic E-state index is 12.7. The molecule has 0 unspecified atom stereocenters. The zero-order chi connectivity index (χ0) is 17.6. The van der Waals surface area contributed by atoms with E-state index in [0.717, 1.165) is 22.2 Å². The molecule has 1 aliphatic heterocycles. The van der Waals surface area contributed by atoms with E-state index in [2.05, 4.69) is 10.3 Å². The molecule has 1 aliphatic rings. The number of benzene rings is 2. The van der Waals surface area contributed by atoms with E-state index >= 15 is 0 Å². The highest BCUT2D eigenvalue weighted by Crippen LogP contribution is 2.26. The van der Waals surface area contributed by atoms with Crippen LogP contribution in [0.5, 0.6) is 0 Å². The molecular weight excluding hydrogens is 352 g/mol. The third-order valence-corrected chi connectivity index (χ3v) is 6.00. The highest BCUT2D eigenvalue weighted by Gasteiger charge is 2.14. The molecule has 1 N–H and O–H groups in total. The molecule has 0 fully saturated rings. The van der Waals surface area contributed by atoms with Gasteiger partial charge in [0, 0.05) is 28.3 Å². The lowest BCUT2D eigenvalue weighted by Crippen LogP contribution is -2.14. The van der Waals surface area contributed by atoms with E-state index < -0.39 is 0 Å². The van der Waals surface area contributed by atoms with Gasteiger partial charge in [0.15, 0.2) is 5.78 Å². The van der Waals surface area contributed by atoms with Gasteiger partial charge in [-0.3, -0.25) is 14.6 Å². The number of Topliss-reactive ketones (excluding diaryl/α,β-unsaturated/α-hetero) is 1. The van der Waals surface area contributed by atoms with Crippen molar-refractivity contribution in [1.29, 1.82) is 0 Å². The van der Waals surface area contributed by atoms with E-state index in [1.54, 1.807) is 47.8 Å². The van der Waals surface area contributed by atoms with Crippen LogP contribution in [-0.2, 0) is 5.75 Å². The molecule has 2 aromatic rings. The third kappa shape index (κ3) is 4.74. The molecule has 0 atom stereocenters. The normalized spacial score (nSPS) is 13.4. The van der Waals surface area contributed by atoms with Crippen molar-refractivity contribution < 1.29 is 9.59 Å². The number of carbonyl (C=O) groups excluding carboxylic acids is 2. The van der Waals surface area contributed by atoms with Crippen molar-refractivity contribution in [1.82, 2.24) is 0 Å². The van der Waals surface area contributed by atoms with Gasteiger partial charge >= 0.3 is 0 Å². The Kier molecular flexibility index (Phi) is 5.94. The average molecular weight is 370 g/mol. The Hall–Kier alpha value is -2.05. The van der Waals surface area contributed by atoms with Gasteiger partial charge in [-0.2, -0.15) is 0 Å². The molecule has 4 nitrogen and oxygen atoms in total. The van der Waals surface area contributed by atoms with Crippen molar-refractivity contribution in [2.45, 2.75) is 12.7 Å². The number of amides is 1. The number of ketones is 1. The highest BCUT2D eigenvalue weighted by atomic mass is 32.2. The lowest BCUT2D eigenvalue weighted by atomic mass is 10.1. The van der Waals surface area contributed by atoms with Crippen LogP contribution in [0.4, 0.5) is 5.69 Å². The fraction of sp³-hybridized carbons (Fsp3) is 0.211. The summed E-state index contributed by atoms with van der Waals surface area (Å²) < 4.78 is 1.09. The number of aliphatic imine (C=N–C) groups is 1. The van der Waals surface area contributed by atoms with Gasteiger partial charge in [0.25, 0.3) is 5.91 Å². The van der Waals surface area contributed by atoms with Crippen LogP contribution in [0.2, 0.25) is 0 Å².